The van der Waals surface area contributed by atoms with Crippen molar-refractivity contribution < 1.29 is 19.2 Å². The molecule has 3 N–H and O–H groups in total. The molecule has 136 valence electrons. The number of hydrogen-bond donors (Lipinski definition) is 3. The van der Waals surface area contributed by atoms with Crippen LogP contribution in [-0.2, 0) is 16.1 Å². The molecule has 26 heavy (non-hydrogen) atoms. The van der Waals surface area contributed by atoms with Gasteiger partial charge in [-0.1, -0.05) is 6.07 Å². The van der Waals surface area contributed by atoms with Gasteiger partial charge in [0.2, 0.25) is 11.8 Å². The van der Waals surface area contributed by atoms with E-state index < -0.39 is 23.8 Å². The van der Waals surface area contributed by atoms with Gasteiger partial charge in [0.05, 0.1) is 11.1 Å². The Bertz CT molecular complexity index is 802. The van der Waals surface area contributed by atoms with E-state index in [-0.39, 0.29) is 18.7 Å². The van der Waals surface area contributed by atoms with Gasteiger partial charge in [0.15, 0.2) is 0 Å². The van der Waals surface area contributed by atoms with E-state index in [1.807, 2.05) is 6.07 Å². The van der Waals surface area contributed by atoms with Crippen LogP contribution >= 0.6 is 0 Å². The monoisotopic (exact) mass is 356 g/mol. The van der Waals surface area contributed by atoms with Gasteiger partial charge < -0.3 is 10.6 Å². The predicted octanol–water partition coefficient (Wildman–Crippen LogP) is -0.603. The first-order valence-corrected chi connectivity index (χ1v) is 8.80. The number of nitrogens with one attached hydrogen (secondary N) is 3. The third-order valence-corrected chi connectivity index (χ3v) is 5.13. The second kappa shape index (κ2) is 6.62. The Morgan fingerprint density at radius 3 is 2.54 bits per heavy atom. The number of carbonyl (C=O) groups is 4. The van der Waals surface area contributed by atoms with Gasteiger partial charge in [0, 0.05) is 32.6 Å². The number of benzene rings is 1. The molecule has 3 aliphatic rings. The number of amides is 4. The molecule has 1 unspecified atom stereocenters. The summed E-state index contributed by atoms with van der Waals surface area (Å²) in [5, 5.41) is 8.77. The lowest BCUT2D eigenvalue weighted by Gasteiger charge is -2.27. The minimum Gasteiger partial charge on any atom is -0.316 e. The molecular formula is C18H20N4O4. The molecule has 1 aromatic rings. The SMILES string of the molecule is O=C1CCC(N2C(=O)c3ccc(CNCC4CNC4)cc3C2=O)C(=O)N1. The number of carbonyl (C=O) groups excluding carboxylic acids is 4. The first-order chi connectivity index (χ1) is 12.5. The van der Waals surface area contributed by atoms with E-state index in [0.717, 1.165) is 30.1 Å². The third kappa shape index (κ3) is 2.91. The summed E-state index contributed by atoms with van der Waals surface area (Å²) in [4.78, 5) is 49.7. The molecule has 4 rings (SSSR count). The summed E-state index contributed by atoms with van der Waals surface area (Å²) in [5.41, 5.74) is 1.55. The maximum atomic E-state index is 12.7. The van der Waals surface area contributed by atoms with E-state index in [1.165, 1.54) is 0 Å². The molecule has 1 aromatic carbocycles. The number of piperidine rings is 1. The Hall–Kier alpha value is -2.58. The lowest BCUT2D eigenvalue weighted by atomic mass is 10.0. The van der Waals surface area contributed by atoms with Crippen molar-refractivity contribution in [2.75, 3.05) is 19.6 Å². The van der Waals surface area contributed by atoms with Gasteiger partial charge in [-0.3, -0.25) is 29.4 Å². The molecule has 3 aliphatic heterocycles. The van der Waals surface area contributed by atoms with Crippen LogP contribution in [0.5, 0.6) is 0 Å². The predicted molar refractivity (Wildman–Crippen MR) is 91.2 cm³/mol. The van der Waals surface area contributed by atoms with Crippen LogP contribution in [0.15, 0.2) is 18.2 Å². The van der Waals surface area contributed by atoms with E-state index in [9.17, 15) is 19.2 Å². The molecule has 0 radical (unpaired) electrons. The van der Waals surface area contributed by atoms with Crippen molar-refractivity contribution in [1.29, 1.82) is 0 Å². The van der Waals surface area contributed by atoms with Gasteiger partial charge >= 0.3 is 0 Å². The van der Waals surface area contributed by atoms with Crippen LogP contribution in [0.3, 0.4) is 0 Å². The van der Waals surface area contributed by atoms with Gasteiger partial charge in [-0.05, 0) is 30.0 Å². The average Bonchev–Trinajstić information content (AvgIpc) is 2.81. The van der Waals surface area contributed by atoms with Gasteiger partial charge in [-0.2, -0.15) is 0 Å². The Labute approximate surface area is 150 Å². The van der Waals surface area contributed by atoms with Crippen molar-refractivity contribution in [2.24, 2.45) is 5.92 Å². The second-order valence-corrected chi connectivity index (χ2v) is 6.98. The molecule has 4 amide bonds. The van der Waals surface area contributed by atoms with Crippen LogP contribution in [0.25, 0.3) is 0 Å². The summed E-state index contributed by atoms with van der Waals surface area (Å²) < 4.78 is 0. The Morgan fingerprint density at radius 1 is 1.08 bits per heavy atom. The molecule has 0 bridgehead atoms. The van der Waals surface area contributed by atoms with Crippen LogP contribution in [0.4, 0.5) is 0 Å². The smallest absolute Gasteiger partial charge is 0.262 e. The number of fused-ring (bicyclic) bond motifs is 1. The molecule has 8 nitrogen and oxygen atoms in total. The molecule has 2 fully saturated rings. The first kappa shape index (κ1) is 16.9. The van der Waals surface area contributed by atoms with E-state index in [0.29, 0.717) is 23.6 Å². The number of nitrogens with zero attached hydrogens (tertiary/aromatic N) is 1. The fourth-order valence-corrected chi connectivity index (χ4v) is 3.54. The summed E-state index contributed by atoms with van der Waals surface area (Å²) in [6, 6.07) is 4.26. The minimum absolute atomic E-state index is 0.120. The zero-order valence-corrected chi connectivity index (χ0v) is 14.2. The van der Waals surface area contributed by atoms with Crippen molar-refractivity contribution in [1.82, 2.24) is 20.9 Å². The van der Waals surface area contributed by atoms with Crippen LogP contribution in [-0.4, -0.2) is 54.2 Å². The van der Waals surface area contributed by atoms with E-state index >= 15 is 0 Å². The minimum atomic E-state index is -0.923. The van der Waals surface area contributed by atoms with E-state index in [4.69, 9.17) is 0 Å². The van der Waals surface area contributed by atoms with Gasteiger partial charge in [-0.25, -0.2) is 0 Å². The zero-order chi connectivity index (χ0) is 18.3. The summed E-state index contributed by atoms with van der Waals surface area (Å²) >= 11 is 0. The summed E-state index contributed by atoms with van der Waals surface area (Å²) in [6.45, 7) is 3.55. The molecule has 0 spiro atoms. The van der Waals surface area contributed by atoms with E-state index in [1.54, 1.807) is 12.1 Å². The standard InChI is InChI=1S/C18H20N4O4/c23-15-4-3-14(16(24)21-15)22-17(25)12-2-1-10(5-13(12)18(22)26)6-19-7-11-8-20-9-11/h1-2,5,11,14,19-20H,3-4,6-9H2,(H,21,23,24). The van der Waals surface area contributed by atoms with Gasteiger partial charge in [0.1, 0.15) is 6.04 Å². The molecule has 3 heterocycles. The van der Waals surface area contributed by atoms with Crippen LogP contribution < -0.4 is 16.0 Å². The van der Waals surface area contributed by atoms with Crippen molar-refractivity contribution in [2.45, 2.75) is 25.4 Å². The third-order valence-electron chi connectivity index (χ3n) is 5.13. The van der Waals surface area contributed by atoms with Crippen LogP contribution in [0.1, 0.15) is 39.1 Å². The van der Waals surface area contributed by atoms with Crippen LogP contribution in [0.2, 0.25) is 0 Å². The molecule has 0 aromatic heterocycles. The molecule has 8 heteroatoms. The van der Waals surface area contributed by atoms with Crippen molar-refractivity contribution >= 4 is 23.6 Å². The van der Waals surface area contributed by atoms with Crippen molar-refractivity contribution in [3.63, 3.8) is 0 Å². The fraction of sp³-hybridized carbons (Fsp3) is 0.444. The first-order valence-electron chi connectivity index (χ1n) is 8.80. The molecule has 0 aliphatic carbocycles. The largest absolute Gasteiger partial charge is 0.316 e. The maximum absolute atomic E-state index is 12.7. The summed E-state index contributed by atoms with van der Waals surface area (Å²) in [5.74, 6) is -1.27. The van der Waals surface area contributed by atoms with Gasteiger partial charge in [-0.15, -0.1) is 0 Å². The quantitative estimate of drug-likeness (QED) is 0.608. The summed E-state index contributed by atoms with van der Waals surface area (Å²) in [6.07, 6.45) is 0.287. The highest BCUT2D eigenvalue weighted by Crippen LogP contribution is 2.28. The molecule has 2 saturated heterocycles. The van der Waals surface area contributed by atoms with Crippen molar-refractivity contribution in [3.8, 4) is 0 Å². The number of hydrogen-bond acceptors (Lipinski definition) is 6. The number of rotatable bonds is 5. The maximum Gasteiger partial charge on any atom is 0.262 e. The molecular weight excluding hydrogens is 336 g/mol. The highest BCUT2D eigenvalue weighted by atomic mass is 16.2. The van der Waals surface area contributed by atoms with Crippen molar-refractivity contribution in [3.05, 3.63) is 34.9 Å². The Balaban J connectivity index is 1.48. The van der Waals surface area contributed by atoms with Gasteiger partial charge in [0.25, 0.3) is 11.8 Å². The van der Waals surface area contributed by atoms with Crippen LogP contribution in [0, 0.1) is 5.92 Å². The highest BCUT2D eigenvalue weighted by molar-refractivity contribution is 6.23. The highest BCUT2D eigenvalue weighted by Gasteiger charge is 2.44. The number of imide groups is 2. The average molecular weight is 356 g/mol. The fourth-order valence-electron chi connectivity index (χ4n) is 3.54. The normalized spacial score (nSPS) is 23.1. The molecule has 0 saturated carbocycles. The second-order valence-electron chi connectivity index (χ2n) is 6.98. The Morgan fingerprint density at radius 2 is 1.85 bits per heavy atom. The Kier molecular flexibility index (Phi) is 4.29. The lowest BCUT2D eigenvalue weighted by molar-refractivity contribution is -0.136. The topological polar surface area (TPSA) is 108 Å². The molecule has 1 atom stereocenters. The zero-order valence-electron chi connectivity index (χ0n) is 14.2. The van der Waals surface area contributed by atoms with E-state index in [2.05, 4.69) is 16.0 Å². The summed E-state index contributed by atoms with van der Waals surface area (Å²) in [7, 11) is 0. The lowest BCUT2D eigenvalue weighted by Crippen LogP contribution is -2.54.